The average molecular weight is 325 g/mol. The van der Waals surface area contributed by atoms with Gasteiger partial charge in [-0.1, -0.05) is 11.6 Å². The number of nitrogens with zero attached hydrogens (tertiary/aromatic N) is 2. The van der Waals surface area contributed by atoms with Crippen LogP contribution in [0.4, 0.5) is 4.79 Å². The largest absolute Gasteiger partial charge is 0.444 e. The van der Waals surface area contributed by atoms with E-state index < -0.39 is 5.60 Å². The van der Waals surface area contributed by atoms with Crippen molar-refractivity contribution < 1.29 is 9.53 Å². The van der Waals surface area contributed by atoms with Gasteiger partial charge in [-0.25, -0.2) is 4.79 Å². The van der Waals surface area contributed by atoms with E-state index in [0.29, 0.717) is 24.7 Å². The number of carbonyl (C=O) groups excluding carboxylic acids is 1. The Hall–Kier alpha value is -1.49. The van der Waals surface area contributed by atoms with E-state index in [9.17, 15) is 9.59 Å². The van der Waals surface area contributed by atoms with E-state index in [-0.39, 0.29) is 23.5 Å². The van der Waals surface area contributed by atoms with Crippen LogP contribution in [0.15, 0.2) is 16.9 Å². The fourth-order valence-electron chi connectivity index (χ4n) is 3.40. The van der Waals surface area contributed by atoms with Gasteiger partial charge in [-0.2, -0.15) is 0 Å². The Morgan fingerprint density at radius 1 is 1.27 bits per heavy atom. The Morgan fingerprint density at radius 2 is 2.00 bits per heavy atom. The number of hydrogen-bond donors (Lipinski definition) is 0. The highest BCUT2D eigenvalue weighted by molar-refractivity contribution is 6.30. The molecule has 0 aromatic carbocycles. The van der Waals surface area contributed by atoms with Gasteiger partial charge < -0.3 is 14.2 Å². The van der Waals surface area contributed by atoms with Gasteiger partial charge in [0, 0.05) is 42.3 Å². The predicted octanol–water partition coefficient (Wildman–Crippen LogP) is 2.86. The number of piperidine rings is 1. The Kier molecular flexibility index (Phi) is 3.71. The third-order valence-electron chi connectivity index (χ3n) is 4.17. The van der Waals surface area contributed by atoms with Gasteiger partial charge in [0.1, 0.15) is 5.60 Å². The van der Waals surface area contributed by atoms with Gasteiger partial charge in [0.05, 0.1) is 0 Å². The zero-order valence-electron chi connectivity index (χ0n) is 13.1. The molecule has 120 valence electrons. The summed E-state index contributed by atoms with van der Waals surface area (Å²) in [6, 6.07) is 3.31. The van der Waals surface area contributed by atoms with Gasteiger partial charge in [-0.3, -0.25) is 4.79 Å². The maximum absolute atomic E-state index is 12.3. The number of halogens is 1. The summed E-state index contributed by atoms with van der Waals surface area (Å²) in [6.07, 6.45) is 0.707. The predicted molar refractivity (Wildman–Crippen MR) is 84.4 cm³/mol. The zero-order chi connectivity index (χ0) is 16.1. The molecule has 0 unspecified atom stereocenters. The van der Waals surface area contributed by atoms with E-state index >= 15 is 0 Å². The number of ether oxygens (including phenoxy) is 1. The topological polar surface area (TPSA) is 51.5 Å². The van der Waals surface area contributed by atoms with Gasteiger partial charge in [0.2, 0.25) is 0 Å². The molecule has 0 N–H and O–H groups in total. The second-order valence-corrected chi connectivity index (χ2v) is 7.67. The second kappa shape index (κ2) is 5.30. The molecule has 1 amide bonds. The number of hydrogen-bond acceptors (Lipinski definition) is 3. The van der Waals surface area contributed by atoms with Crippen LogP contribution >= 0.6 is 11.6 Å². The SMILES string of the molecule is CC(C)(C)OC(=O)N1C[C@@H]2C[C@H](C1)c1cc(Cl)cc(=O)n1C2. The third kappa shape index (κ3) is 3.00. The maximum Gasteiger partial charge on any atom is 0.410 e. The number of likely N-dealkylation sites (tertiary alicyclic amines) is 1. The lowest BCUT2D eigenvalue weighted by molar-refractivity contribution is 0.0102. The van der Waals surface area contributed by atoms with Crippen molar-refractivity contribution in [2.45, 2.75) is 45.3 Å². The molecule has 6 heteroatoms. The monoisotopic (exact) mass is 324 g/mol. The van der Waals surface area contributed by atoms with Crippen LogP contribution in [0.25, 0.3) is 0 Å². The van der Waals surface area contributed by atoms with E-state index in [2.05, 4.69) is 0 Å². The Balaban J connectivity index is 1.85. The molecule has 2 aliphatic rings. The van der Waals surface area contributed by atoms with Gasteiger partial charge >= 0.3 is 6.09 Å². The van der Waals surface area contributed by atoms with E-state index in [1.54, 1.807) is 9.47 Å². The molecule has 1 saturated heterocycles. The first kappa shape index (κ1) is 15.4. The van der Waals surface area contributed by atoms with Crippen molar-refractivity contribution in [1.29, 1.82) is 0 Å². The van der Waals surface area contributed by atoms with Crippen LogP contribution in [0.3, 0.4) is 0 Å². The molecule has 0 spiro atoms. The number of amides is 1. The van der Waals surface area contributed by atoms with Crippen LogP contribution in [-0.2, 0) is 11.3 Å². The average Bonchev–Trinajstić information content (AvgIpc) is 2.38. The molecule has 0 radical (unpaired) electrons. The highest BCUT2D eigenvalue weighted by Gasteiger charge is 2.37. The Labute approximate surface area is 134 Å². The Bertz CT molecular complexity index is 662. The van der Waals surface area contributed by atoms with Crippen molar-refractivity contribution in [3.05, 3.63) is 33.2 Å². The highest BCUT2D eigenvalue weighted by atomic mass is 35.5. The lowest BCUT2D eigenvalue weighted by Crippen LogP contribution is -2.50. The summed E-state index contributed by atoms with van der Waals surface area (Å²) in [5, 5.41) is 0.462. The lowest BCUT2D eigenvalue weighted by atomic mass is 9.83. The van der Waals surface area contributed by atoms with Gasteiger partial charge in [0.15, 0.2) is 0 Å². The molecule has 22 heavy (non-hydrogen) atoms. The van der Waals surface area contributed by atoms with Crippen LogP contribution in [0.5, 0.6) is 0 Å². The van der Waals surface area contributed by atoms with E-state index in [0.717, 1.165) is 12.1 Å². The summed E-state index contributed by atoms with van der Waals surface area (Å²) in [5.41, 5.74) is 0.381. The van der Waals surface area contributed by atoms with E-state index in [1.165, 1.54) is 6.07 Å². The maximum atomic E-state index is 12.3. The minimum Gasteiger partial charge on any atom is -0.444 e. The first-order valence-electron chi connectivity index (χ1n) is 7.61. The highest BCUT2D eigenvalue weighted by Crippen LogP contribution is 2.36. The third-order valence-corrected chi connectivity index (χ3v) is 4.39. The number of pyridine rings is 1. The van der Waals surface area contributed by atoms with Crippen LogP contribution in [0.1, 0.15) is 38.8 Å². The number of carbonyl (C=O) groups is 1. The molecular formula is C16H21ClN2O3. The number of aromatic nitrogens is 1. The van der Waals surface area contributed by atoms with Gasteiger partial charge in [-0.15, -0.1) is 0 Å². The van der Waals surface area contributed by atoms with Gasteiger partial charge in [0.25, 0.3) is 5.56 Å². The number of rotatable bonds is 0. The molecular weight excluding hydrogens is 304 g/mol. The van der Waals surface area contributed by atoms with Crippen molar-refractivity contribution in [2.75, 3.05) is 13.1 Å². The van der Waals surface area contributed by atoms with E-state index in [4.69, 9.17) is 16.3 Å². The Morgan fingerprint density at radius 3 is 2.68 bits per heavy atom. The molecule has 3 heterocycles. The quantitative estimate of drug-likeness (QED) is 0.737. The van der Waals surface area contributed by atoms with Crippen molar-refractivity contribution in [1.82, 2.24) is 9.47 Å². The first-order chi connectivity index (χ1) is 10.2. The summed E-state index contributed by atoms with van der Waals surface area (Å²) in [4.78, 5) is 26.2. The fraction of sp³-hybridized carbons (Fsp3) is 0.625. The summed E-state index contributed by atoms with van der Waals surface area (Å²) < 4.78 is 7.27. The molecule has 0 saturated carbocycles. The van der Waals surface area contributed by atoms with Crippen LogP contribution in [-0.4, -0.2) is 34.3 Å². The molecule has 2 aliphatic heterocycles. The molecule has 0 aliphatic carbocycles. The molecule has 3 rings (SSSR count). The van der Waals surface area contributed by atoms with E-state index in [1.807, 2.05) is 26.8 Å². The molecule has 1 fully saturated rings. The smallest absolute Gasteiger partial charge is 0.410 e. The van der Waals surface area contributed by atoms with Crippen molar-refractivity contribution in [3.8, 4) is 0 Å². The van der Waals surface area contributed by atoms with Crippen LogP contribution in [0, 0.1) is 5.92 Å². The van der Waals surface area contributed by atoms with Crippen LogP contribution < -0.4 is 5.56 Å². The van der Waals surface area contributed by atoms with Crippen molar-refractivity contribution >= 4 is 17.7 Å². The molecule has 1 aromatic heterocycles. The molecule has 1 aromatic rings. The van der Waals surface area contributed by atoms with Gasteiger partial charge in [-0.05, 0) is 39.2 Å². The standard InChI is InChI=1S/C16H21ClN2O3/c1-16(2,3)22-15(21)18-7-10-4-11(9-18)13-5-12(17)6-14(20)19(13)8-10/h5-6,10-11H,4,7-9H2,1-3H3/t10-,11+/m0/s1. The second-order valence-electron chi connectivity index (χ2n) is 7.23. The molecule has 2 bridgehead atoms. The molecule has 5 nitrogen and oxygen atoms in total. The zero-order valence-corrected chi connectivity index (χ0v) is 13.9. The fourth-order valence-corrected chi connectivity index (χ4v) is 3.61. The lowest BCUT2D eigenvalue weighted by Gasteiger charge is -2.42. The first-order valence-corrected chi connectivity index (χ1v) is 7.99. The van der Waals surface area contributed by atoms with Crippen molar-refractivity contribution in [3.63, 3.8) is 0 Å². The summed E-state index contributed by atoms with van der Waals surface area (Å²) in [7, 11) is 0. The molecule has 2 atom stereocenters. The summed E-state index contributed by atoms with van der Waals surface area (Å²) in [6.45, 7) is 7.45. The number of fused-ring (bicyclic) bond motifs is 4. The summed E-state index contributed by atoms with van der Waals surface area (Å²) >= 11 is 6.03. The normalized spacial score (nSPS) is 23.9. The van der Waals surface area contributed by atoms with Crippen molar-refractivity contribution in [2.24, 2.45) is 5.92 Å². The van der Waals surface area contributed by atoms with Crippen LogP contribution in [0.2, 0.25) is 5.02 Å². The summed E-state index contributed by atoms with van der Waals surface area (Å²) in [5.74, 6) is 0.434. The minimum atomic E-state index is -0.498. The minimum absolute atomic E-state index is 0.0529.